The summed E-state index contributed by atoms with van der Waals surface area (Å²) in [6, 6.07) is 14.3. The second-order valence-electron chi connectivity index (χ2n) is 5.41. The molecule has 4 rings (SSSR count). The number of aromatic nitrogens is 2. The van der Waals surface area contributed by atoms with Gasteiger partial charge in [0.2, 0.25) is 0 Å². The Morgan fingerprint density at radius 2 is 1.90 bits per heavy atom. The Morgan fingerprint density at radius 3 is 2.86 bits per heavy atom. The Kier molecular flexibility index (Phi) is 2.74. The van der Waals surface area contributed by atoms with Crippen molar-refractivity contribution in [3.05, 3.63) is 59.9 Å². The fourth-order valence-electron chi connectivity index (χ4n) is 3.00. The number of fused-ring (bicyclic) bond motifs is 2. The SMILES string of the molecule is Nc1ccc2c(c1)CN(c1ncnc3ccccc13)CC2. The zero-order valence-corrected chi connectivity index (χ0v) is 11.7. The molecule has 104 valence electrons. The number of hydrogen-bond acceptors (Lipinski definition) is 4. The summed E-state index contributed by atoms with van der Waals surface area (Å²) in [6.07, 6.45) is 2.67. The lowest BCUT2D eigenvalue weighted by Gasteiger charge is -2.30. The van der Waals surface area contributed by atoms with Crippen molar-refractivity contribution in [1.29, 1.82) is 0 Å². The molecular formula is C17H16N4. The highest BCUT2D eigenvalue weighted by Gasteiger charge is 2.19. The molecule has 0 bridgehead atoms. The highest BCUT2D eigenvalue weighted by Crippen LogP contribution is 2.28. The fraction of sp³-hybridized carbons (Fsp3) is 0.176. The molecular weight excluding hydrogens is 260 g/mol. The predicted molar refractivity (Wildman–Crippen MR) is 85.1 cm³/mol. The van der Waals surface area contributed by atoms with E-state index in [2.05, 4.69) is 33.1 Å². The summed E-state index contributed by atoms with van der Waals surface area (Å²) < 4.78 is 0. The van der Waals surface area contributed by atoms with E-state index in [-0.39, 0.29) is 0 Å². The van der Waals surface area contributed by atoms with Crippen LogP contribution in [0.4, 0.5) is 11.5 Å². The van der Waals surface area contributed by atoms with E-state index in [1.807, 2.05) is 24.3 Å². The maximum absolute atomic E-state index is 5.91. The Labute approximate surface area is 123 Å². The molecule has 0 spiro atoms. The summed E-state index contributed by atoms with van der Waals surface area (Å²) in [5, 5.41) is 1.10. The summed E-state index contributed by atoms with van der Waals surface area (Å²) in [4.78, 5) is 11.2. The normalized spacial score (nSPS) is 14.2. The molecule has 1 aromatic heterocycles. The summed E-state index contributed by atoms with van der Waals surface area (Å²) >= 11 is 0. The highest BCUT2D eigenvalue weighted by atomic mass is 15.2. The van der Waals surface area contributed by atoms with Gasteiger partial charge in [0.15, 0.2) is 0 Å². The van der Waals surface area contributed by atoms with Crippen molar-refractivity contribution in [2.75, 3.05) is 17.2 Å². The summed E-state index contributed by atoms with van der Waals surface area (Å²) in [5.41, 5.74) is 10.4. The predicted octanol–water partition coefficient (Wildman–Crippen LogP) is 2.77. The van der Waals surface area contributed by atoms with Crippen LogP contribution in [0.15, 0.2) is 48.8 Å². The molecule has 2 N–H and O–H groups in total. The van der Waals surface area contributed by atoms with Crippen LogP contribution in [0.25, 0.3) is 10.9 Å². The first-order chi connectivity index (χ1) is 10.3. The van der Waals surface area contributed by atoms with Gasteiger partial charge >= 0.3 is 0 Å². The van der Waals surface area contributed by atoms with Crippen molar-refractivity contribution < 1.29 is 0 Å². The van der Waals surface area contributed by atoms with Crippen LogP contribution in [0.1, 0.15) is 11.1 Å². The minimum absolute atomic E-state index is 0.822. The molecule has 1 aliphatic heterocycles. The zero-order valence-electron chi connectivity index (χ0n) is 11.7. The van der Waals surface area contributed by atoms with Crippen molar-refractivity contribution in [2.24, 2.45) is 0 Å². The number of rotatable bonds is 1. The lowest BCUT2D eigenvalue weighted by Crippen LogP contribution is -2.31. The van der Waals surface area contributed by atoms with Crippen molar-refractivity contribution in [3.8, 4) is 0 Å². The van der Waals surface area contributed by atoms with E-state index in [1.165, 1.54) is 11.1 Å². The zero-order chi connectivity index (χ0) is 14.2. The Morgan fingerprint density at radius 1 is 1.00 bits per heavy atom. The standard InChI is InChI=1S/C17H16N4/c18-14-6-5-12-7-8-21(10-13(12)9-14)17-15-3-1-2-4-16(15)19-11-20-17/h1-6,9,11H,7-8,10,18H2. The second kappa shape index (κ2) is 4.74. The number of para-hydroxylation sites is 1. The highest BCUT2D eigenvalue weighted by molar-refractivity contribution is 5.89. The maximum Gasteiger partial charge on any atom is 0.140 e. The van der Waals surface area contributed by atoms with Gasteiger partial charge in [-0.05, 0) is 41.8 Å². The quantitative estimate of drug-likeness (QED) is 0.694. The van der Waals surface area contributed by atoms with Crippen LogP contribution in [-0.4, -0.2) is 16.5 Å². The van der Waals surface area contributed by atoms with Gasteiger partial charge in [0.05, 0.1) is 5.52 Å². The van der Waals surface area contributed by atoms with Gasteiger partial charge in [-0.2, -0.15) is 0 Å². The Balaban J connectivity index is 1.77. The molecule has 2 heterocycles. The van der Waals surface area contributed by atoms with Crippen LogP contribution in [0.5, 0.6) is 0 Å². The smallest absolute Gasteiger partial charge is 0.140 e. The number of benzene rings is 2. The molecule has 0 radical (unpaired) electrons. The molecule has 1 aliphatic rings. The first kappa shape index (κ1) is 12.1. The van der Waals surface area contributed by atoms with Crippen LogP contribution in [0, 0.1) is 0 Å². The molecule has 2 aromatic carbocycles. The third-order valence-electron chi connectivity index (χ3n) is 4.06. The molecule has 0 aliphatic carbocycles. The molecule has 4 nitrogen and oxygen atoms in total. The van der Waals surface area contributed by atoms with E-state index >= 15 is 0 Å². The van der Waals surface area contributed by atoms with E-state index in [1.54, 1.807) is 6.33 Å². The number of nitrogens with two attached hydrogens (primary N) is 1. The molecule has 4 heteroatoms. The Bertz CT molecular complexity index is 807. The average molecular weight is 276 g/mol. The van der Waals surface area contributed by atoms with Gasteiger partial charge in [-0.1, -0.05) is 18.2 Å². The van der Waals surface area contributed by atoms with Gasteiger partial charge in [0, 0.05) is 24.2 Å². The molecule has 0 fully saturated rings. The van der Waals surface area contributed by atoms with Crippen molar-refractivity contribution in [3.63, 3.8) is 0 Å². The minimum Gasteiger partial charge on any atom is -0.399 e. The molecule has 21 heavy (non-hydrogen) atoms. The minimum atomic E-state index is 0.822. The average Bonchev–Trinajstić information content (AvgIpc) is 2.53. The third-order valence-corrected chi connectivity index (χ3v) is 4.06. The van der Waals surface area contributed by atoms with Gasteiger partial charge in [-0.15, -0.1) is 0 Å². The molecule has 0 atom stereocenters. The van der Waals surface area contributed by atoms with Gasteiger partial charge in [0.25, 0.3) is 0 Å². The van der Waals surface area contributed by atoms with Gasteiger partial charge < -0.3 is 10.6 Å². The number of anilines is 2. The summed E-state index contributed by atoms with van der Waals surface area (Å²) in [7, 11) is 0. The molecule has 0 unspecified atom stereocenters. The monoisotopic (exact) mass is 276 g/mol. The lowest BCUT2D eigenvalue weighted by molar-refractivity contribution is 0.723. The second-order valence-corrected chi connectivity index (χ2v) is 5.41. The van der Waals surface area contributed by atoms with Gasteiger partial charge in [-0.3, -0.25) is 0 Å². The van der Waals surface area contributed by atoms with Crippen molar-refractivity contribution in [1.82, 2.24) is 9.97 Å². The van der Waals surface area contributed by atoms with Crippen molar-refractivity contribution in [2.45, 2.75) is 13.0 Å². The molecule has 3 aromatic rings. The summed E-state index contributed by atoms with van der Waals surface area (Å²) in [5.74, 6) is 1.01. The van der Waals surface area contributed by atoms with Crippen LogP contribution in [0.2, 0.25) is 0 Å². The maximum atomic E-state index is 5.91. The number of hydrogen-bond donors (Lipinski definition) is 1. The van der Waals surface area contributed by atoms with Crippen LogP contribution in [0.3, 0.4) is 0 Å². The van der Waals surface area contributed by atoms with Crippen LogP contribution >= 0.6 is 0 Å². The fourth-order valence-corrected chi connectivity index (χ4v) is 3.00. The van der Waals surface area contributed by atoms with E-state index < -0.39 is 0 Å². The topological polar surface area (TPSA) is 55.0 Å². The van der Waals surface area contributed by atoms with Crippen molar-refractivity contribution >= 4 is 22.4 Å². The number of nitrogen functional groups attached to an aromatic ring is 1. The Hall–Kier alpha value is -2.62. The lowest BCUT2D eigenvalue weighted by atomic mass is 9.99. The number of nitrogens with zero attached hydrogens (tertiary/aromatic N) is 3. The van der Waals surface area contributed by atoms with Gasteiger partial charge in [0.1, 0.15) is 12.1 Å². The molecule has 0 saturated carbocycles. The first-order valence-corrected chi connectivity index (χ1v) is 7.13. The summed E-state index contributed by atoms with van der Waals surface area (Å²) in [6.45, 7) is 1.82. The van der Waals surface area contributed by atoms with E-state index in [9.17, 15) is 0 Å². The van der Waals surface area contributed by atoms with E-state index in [4.69, 9.17) is 5.73 Å². The van der Waals surface area contributed by atoms with E-state index in [0.717, 1.165) is 41.9 Å². The van der Waals surface area contributed by atoms with E-state index in [0.29, 0.717) is 0 Å². The van der Waals surface area contributed by atoms with Crippen LogP contribution in [-0.2, 0) is 13.0 Å². The molecule has 0 amide bonds. The largest absolute Gasteiger partial charge is 0.399 e. The van der Waals surface area contributed by atoms with Gasteiger partial charge in [-0.25, -0.2) is 9.97 Å². The van der Waals surface area contributed by atoms with Crippen LogP contribution < -0.4 is 10.6 Å². The third kappa shape index (κ3) is 2.09. The first-order valence-electron chi connectivity index (χ1n) is 7.13. The molecule has 0 saturated heterocycles.